The van der Waals surface area contributed by atoms with Crippen LogP contribution in [0.15, 0.2) is 18.2 Å². The molecule has 7 heteroatoms. The molecule has 0 saturated carbocycles. The normalized spacial score (nSPS) is 13.4. The van der Waals surface area contributed by atoms with Crippen LogP contribution in [-0.2, 0) is 11.2 Å². The van der Waals surface area contributed by atoms with Gasteiger partial charge in [-0.1, -0.05) is 23.7 Å². The van der Waals surface area contributed by atoms with Crippen molar-refractivity contribution in [3.63, 3.8) is 0 Å². The summed E-state index contributed by atoms with van der Waals surface area (Å²) in [5.41, 5.74) is 6.44. The van der Waals surface area contributed by atoms with Crippen LogP contribution < -0.4 is 10.5 Å². The van der Waals surface area contributed by atoms with Crippen molar-refractivity contribution in [1.82, 2.24) is 0 Å². The molecule has 1 atom stereocenters. The monoisotopic (exact) mass is 297 g/mol. The molecule has 0 aromatic heterocycles. The quantitative estimate of drug-likeness (QED) is 0.820. The molecule has 0 bridgehead atoms. The second-order valence-corrected chi connectivity index (χ2v) is 4.46. The van der Waals surface area contributed by atoms with Crippen LogP contribution >= 0.6 is 11.6 Å². The molecule has 1 aromatic rings. The Hall–Kier alpha value is -0.980. The van der Waals surface area contributed by atoms with Gasteiger partial charge in [-0.05, 0) is 25.0 Å². The Bertz CT molecular complexity index is 410. The molecule has 0 aliphatic carbocycles. The highest BCUT2D eigenvalue weighted by Gasteiger charge is 2.28. The van der Waals surface area contributed by atoms with E-state index in [1.165, 1.54) is 0 Å². The largest absolute Gasteiger partial charge is 0.522 e. The van der Waals surface area contributed by atoms with Gasteiger partial charge in [0.05, 0.1) is 11.6 Å². The summed E-state index contributed by atoms with van der Waals surface area (Å²) in [6.45, 7) is 0.985. The van der Waals surface area contributed by atoms with E-state index in [-0.39, 0.29) is 12.6 Å². The second-order valence-electron chi connectivity index (χ2n) is 4.05. The third kappa shape index (κ3) is 6.13. The topological polar surface area (TPSA) is 44.5 Å². The highest BCUT2D eigenvalue weighted by Crippen LogP contribution is 2.29. The molecule has 1 rings (SSSR count). The van der Waals surface area contributed by atoms with E-state index in [0.29, 0.717) is 17.2 Å². The summed E-state index contributed by atoms with van der Waals surface area (Å²) in [5.74, 6) is 0.354. The minimum absolute atomic E-state index is 0.104. The molecule has 1 aromatic carbocycles. The van der Waals surface area contributed by atoms with Crippen molar-refractivity contribution in [2.24, 2.45) is 5.73 Å². The zero-order valence-corrected chi connectivity index (χ0v) is 11.1. The summed E-state index contributed by atoms with van der Waals surface area (Å²) in [7, 11) is 0. The number of hydrogen-bond donors (Lipinski definition) is 1. The smallest absolute Gasteiger partial charge is 0.489 e. The third-order valence-electron chi connectivity index (χ3n) is 2.19. The number of ether oxygens (including phenoxy) is 2. The average Bonchev–Trinajstić information content (AvgIpc) is 2.25. The first-order chi connectivity index (χ1) is 8.79. The molecule has 108 valence electrons. The molecule has 0 radical (unpaired) electrons. The molecule has 0 amide bonds. The number of benzene rings is 1. The van der Waals surface area contributed by atoms with Crippen LogP contribution in [0.4, 0.5) is 13.2 Å². The van der Waals surface area contributed by atoms with Crippen molar-refractivity contribution in [3.05, 3.63) is 28.8 Å². The van der Waals surface area contributed by atoms with Crippen molar-refractivity contribution >= 4 is 11.6 Å². The van der Waals surface area contributed by atoms with E-state index in [1.54, 1.807) is 18.2 Å². The maximum absolute atomic E-state index is 11.8. The first-order valence-corrected chi connectivity index (χ1v) is 6.04. The van der Waals surface area contributed by atoms with Crippen molar-refractivity contribution in [3.8, 4) is 5.75 Å². The fourth-order valence-corrected chi connectivity index (χ4v) is 1.77. The Labute approximate surface area is 114 Å². The van der Waals surface area contributed by atoms with Crippen LogP contribution in [0.5, 0.6) is 5.75 Å². The summed E-state index contributed by atoms with van der Waals surface area (Å²) in [5, 5.41) is 0.338. The molecule has 3 nitrogen and oxygen atoms in total. The van der Waals surface area contributed by atoms with Gasteiger partial charge in [-0.3, -0.25) is 4.74 Å². The van der Waals surface area contributed by atoms with E-state index in [1.807, 2.05) is 6.92 Å². The lowest BCUT2D eigenvalue weighted by atomic mass is 10.1. The minimum atomic E-state index is -4.65. The lowest BCUT2D eigenvalue weighted by molar-refractivity contribution is -0.325. The molecule has 0 aliphatic rings. The van der Waals surface area contributed by atoms with E-state index >= 15 is 0 Å². The summed E-state index contributed by atoms with van der Waals surface area (Å²) in [6.07, 6.45) is -4.13. The maximum Gasteiger partial charge on any atom is 0.522 e. The van der Waals surface area contributed by atoms with Gasteiger partial charge in [0, 0.05) is 6.04 Å². The summed E-state index contributed by atoms with van der Waals surface area (Å²) in [4.78, 5) is 0. The molecule has 0 saturated heterocycles. The van der Waals surface area contributed by atoms with Crippen molar-refractivity contribution in [2.75, 3.05) is 13.2 Å². The van der Waals surface area contributed by atoms with Crippen LogP contribution in [0.3, 0.4) is 0 Å². The average molecular weight is 298 g/mol. The van der Waals surface area contributed by atoms with Crippen LogP contribution in [-0.4, -0.2) is 25.6 Å². The van der Waals surface area contributed by atoms with Crippen LogP contribution in [0, 0.1) is 0 Å². The summed E-state index contributed by atoms with van der Waals surface area (Å²) in [6, 6.07) is 5.01. The molecule has 1 unspecified atom stereocenters. The highest BCUT2D eigenvalue weighted by atomic mass is 35.5. The Kier molecular flexibility index (Phi) is 5.90. The Balaban J connectivity index is 2.61. The van der Waals surface area contributed by atoms with Crippen LogP contribution in [0.25, 0.3) is 0 Å². The SMILES string of the molecule is CC(N)Cc1cccc(Cl)c1OCCOC(F)(F)F. The van der Waals surface area contributed by atoms with Gasteiger partial charge in [0.15, 0.2) is 0 Å². The van der Waals surface area contributed by atoms with Crippen molar-refractivity contribution in [2.45, 2.75) is 25.7 Å². The van der Waals surface area contributed by atoms with Gasteiger partial charge in [-0.2, -0.15) is 0 Å². The predicted octanol–water partition coefficient (Wildman–Crippen LogP) is 3.14. The van der Waals surface area contributed by atoms with Gasteiger partial charge in [-0.25, -0.2) is 0 Å². The predicted molar refractivity (Wildman–Crippen MR) is 66.3 cm³/mol. The van der Waals surface area contributed by atoms with E-state index in [9.17, 15) is 13.2 Å². The fourth-order valence-electron chi connectivity index (χ4n) is 1.52. The Morgan fingerprint density at radius 3 is 2.58 bits per heavy atom. The summed E-state index contributed by atoms with van der Waals surface area (Å²) < 4.78 is 44.2. The van der Waals surface area contributed by atoms with Gasteiger partial charge in [-0.15, -0.1) is 13.2 Å². The third-order valence-corrected chi connectivity index (χ3v) is 2.48. The molecule has 0 fully saturated rings. The number of halogens is 4. The van der Waals surface area contributed by atoms with Crippen molar-refractivity contribution in [1.29, 1.82) is 0 Å². The van der Waals surface area contributed by atoms with Gasteiger partial charge in [0.1, 0.15) is 12.4 Å². The molecule has 19 heavy (non-hydrogen) atoms. The van der Waals surface area contributed by atoms with Gasteiger partial charge >= 0.3 is 6.36 Å². The number of nitrogens with two attached hydrogens (primary N) is 1. The lowest BCUT2D eigenvalue weighted by Crippen LogP contribution is -2.20. The molecule has 2 N–H and O–H groups in total. The van der Waals surface area contributed by atoms with E-state index in [0.717, 1.165) is 5.56 Å². The Morgan fingerprint density at radius 1 is 1.32 bits per heavy atom. The first-order valence-electron chi connectivity index (χ1n) is 5.66. The number of rotatable bonds is 6. The molecular formula is C12H15ClF3NO2. The van der Waals surface area contributed by atoms with Crippen molar-refractivity contribution < 1.29 is 22.6 Å². The molecule has 0 heterocycles. The summed E-state index contributed by atoms with van der Waals surface area (Å²) >= 11 is 5.95. The van der Waals surface area contributed by atoms with E-state index in [2.05, 4.69) is 4.74 Å². The fraction of sp³-hybridized carbons (Fsp3) is 0.500. The molecule has 0 aliphatic heterocycles. The lowest BCUT2D eigenvalue weighted by Gasteiger charge is -2.15. The molecular weight excluding hydrogens is 283 g/mol. The zero-order valence-electron chi connectivity index (χ0n) is 10.3. The molecule has 0 spiro atoms. The number of para-hydroxylation sites is 1. The van der Waals surface area contributed by atoms with Gasteiger partial charge < -0.3 is 10.5 Å². The minimum Gasteiger partial charge on any atom is -0.489 e. The van der Waals surface area contributed by atoms with Gasteiger partial charge in [0.25, 0.3) is 0 Å². The second kappa shape index (κ2) is 6.98. The van der Waals surface area contributed by atoms with Gasteiger partial charge in [0.2, 0.25) is 0 Å². The van der Waals surface area contributed by atoms with Crippen LogP contribution in [0.2, 0.25) is 5.02 Å². The van der Waals surface area contributed by atoms with Crippen LogP contribution in [0.1, 0.15) is 12.5 Å². The highest BCUT2D eigenvalue weighted by molar-refractivity contribution is 6.32. The van der Waals surface area contributed by atoms with E-state index < -0.39 is 13.0 Å². The van der Waals surface area contributed by atoms with E-state index in [4.69, 9.17) is 22.1 Å². The number of hydrogen-bond acceptors (Lipinski definition) is 3. The number of alkyl halides is 3. The zero-order chi connectivity index (χ0) is 14.5. The standard InChI is InChI=1S/C12H15ClF3NO2/c1-8(17)7-9-3-2-4-10(13)11(9)18-5-6-19-12(14,15)16/h2-4,8H,5-7,17H2,1H3. The maximum atomic E-state index is 11.8. The Morgan fingerprint density at radius 2 is 2.00 bits per heavy atom. The first kappa shape index (κ1) is 16.1.